The molecule has 0 aliphatic heterocycles. The van der Waals surface area contributed by atoms with Gasteiger partial charge in [-0.05, 0) is 44.2 Å². The van der Waals surface area contributed by atoms with Gasteiger partial charge in [-0.15, -0.1) is 0 Å². The third kappa shape index (κ3) is 5.38. The van der Waals surface area contributed by atoms with Crippen LogP contribution in [0.5, 0.6) is 5.75 Å². The predicted octanol–water partition coefficient (Wildman–Crippen LogP) is 2.22. The number of sulfonamides is 1. The van der Waals surface area contributed by atoms with Crippen LogP contribution in [0.15, 0.2) is 24.3 Å². The highest BCUT2D eigenvalue weighted by atomic mass is 32.2. The average Bonchev–Trinajstić information content (AvgIpc) is 2.43. The van der Waals surface area contributed by atoms with Crippen LogP contribution in [-0.4, -0.2) is 33.4 Å². The molecule has 0 saturated heterocycles. The first-order valence-corrected chi connectivity index (χ1v) is 8.49. The highest BCUT2D eigenvalue weighted by molar-refractivity contribution is 7.93. The van der Waals surface area contributed by atoms with Crippen molar-refractivity contribution in [3.05, 3.63) is 24.3 Å². The molecule has 5 nitrogen and oxygen atoms in total. The maximum Gasteiger partial charge on any atom is 0.236 e. The monoisotopic (exact) mass is 300 g/mol. The Bertz CT molecular complexity index is 486. The number of ether oxygens (including phenoxy) is 1. The molecule has 1 aromatic rings. The molecule has 0 bridgehead atoms. The Morgan fingerprint density at radius 3 is 2.40 bits per heavy atom. The summed E-state index contributed by atoms with van der Waals surface area (Å²) in [6.45, 7) is 7.51. The van der Waals surface area contributed by atoms with E-state index < -0.39 is 15.3 Å². The fourth-order valence-corrected chi connectivity index (χ4v) is 2.56. The quantitative estimate of drug-likeness (QED) is 0.734. The predicted molar refractivity (Wildman–Crippen MR) is 82.8 cm³/mol. The molecule has 0 spiro atoms. The number of hydrogen-bond acceptors (Lipinski definition) is 4. The van der Waals surface area contributed by atoms with Crippen molar-refractivity contribution in [3.63, 3.8) is 0 Å². The van der Waals surface area contributed by atoms with Crippen LogP contribution >= 0.6 is 0 Å². The molecule has 0 heterocycles. The van der Waals surface area contributed by atoms with E-state index in [1.807, 2.05) is 13.8 Å². The van der Waals surface area contributed by atoms with Gasteiger partial charge in [0.05, 0.1) is 11.9 Å². The first-order chi connectivity index (χ1) is 9.49. The number of rotatable bonds is 9. The molecule has 1 aromatic carbocycles. The van der Waals surface area contributed by atoms with Gasteiger partial charge < -0.3 is 10.1 Å². The van der Waals surface area contributed by atoms with Gasteiger partial charge in [0.2, 0.25) is 10.0 Å². The largest absolute Gasteiger partial charge is 0.494 e. The van der Waals surface area contributed by atoms with Crippen molar-refractivity contribution in [2.45, 2.75) is 32.4 Å². The summed E-state index contributed by atoms with van der Waals surface area (Å²) in [6, 6.07) is 6.95. The Morgan fingerprint density at radius 1 is 1.20 bits per heavy atom. The SMILES string of the molecule is CCCOc1ccc(NS(=O)(=O)C(C)CNCC)cc1. The van der Waals surface area contributed by atoms with Crippen LogP contribution < -0.4 is 14.8 Å². The van der Waals surface area contributed by atoms with Crippen LogP contribution in [0.25, 0.3) is 0 Å². The van der Waals surface area contributed by atoms with E-state index in [1.165, 1.54) is 0 Å². The van der Waals surface area contributed by atoms with E-state index in [2.05, 4.69) is 10.0 Å². The molecule has 0 saturated carbocycles. The molecule has 1 rings (SSSR count). The maximum atomic E-state index is 12.1. The van der Waals surface area contributed by atoms with Crippen LogP contribution in [0, 0.1) is 0 Å². The molecule has 0 amide bonds. The van der Waals surface area contributed by atoms with Gasteiger partial charge in [0, 0.05) is 12.2 Å². The molecule has 2 N–H and O–H groups in total. The van der Waals surface area contributed by atoms with Gasteiger partial charge in [0.25, 0.3) is 0 Å². The van der Waals surface area contributed by atoms with Crippen molar-refractivity contribution >= 4 is 15.7 Å². The van der Waals surface area contributed by atoms with E-state index in [0.29, 0.717) is 18.8 Å². The lowest BCUT2D eigenvalue weighted by atomic mass is 10.3. The van der Waals surface area contributed by atoms with Crippen molar-refractivity contribution in [1.82, 2.24) is 5.32 Å². The fraction of sp³-hybridized carbons (Fsp3) is 0.571. The van der Waals surface area contributed by atoms with Crippen LogP contribution in [-0.2, 0) is 10.0 Å². The lowest BCUT2D eigenvalue weighted by Crippen LogP contribution is -2.34. The molecule has 1 atom stereocenters. The van der Waals surface area contributed by atoms with Gasteiger partial charge in [0.15, 0.2) is 0 Å². The van der Waals surface area contributed by atoms with E-state index in [1.54, 1.807) is 31.2 Å². The van der Waals surface area contributed by atoms with E-state index in [0.717, 1.165) is 18.7 Å². The number of hydrogen-bond donors (Lipinski definition) is 2. The zero-order chi connectivity index (χ0) is 15.0. The minimum atomic E-state index is -3.37. The van der Waals surface area contributed by atoms with Gasteiger partial charge in [-0.25, -0.2) is 8.42 Å². The highest BCUT2D eigenvalue weighted by Crippen LogP contribution is 2.17. The van der Waals surface area contributed by atoms with E-state index in [4.69, 9.17) is 4.74 Å². The maximum absolute atomic E-state index is 12.1. The van der Waals surface area contributed by atoms with Crippen molar-refractivity contribution in [2.24, 2.45) is 0 Å². The van der Waals surface area contributed by atoms with Crippen molar-refractivity contribution in [2.75, 3.05) is 24.4 Å². The Hall–Kier alpha value is -1.27. The number of benzene rings is 1. The third-order valence-corrected chi connectivity index (χ3v) is 4.55. The number of nitrogens with one attached hydrogen (secondary N) is 2. The minimum Gasteiger partial charge on any atom is -0.494 e. The zero-order valence-electron chi connectivity index (χ0n) is 12.3. The molecule has 20 heavy (non-hydrogen) atoms. The number of anilines is 1. The van der Waals surface area contributed by atoms with E-state index in [9.17, 15) is 8.42 Å². The summed E-state index contributed by atoms with van der Waals surface area (Å²) < 4.78 is 32.2. The standard InChI is InChI=1S/C14H24N2O3S/c1-4-10-19-14-8-6-13(7-9-14)16-20(17,18)12(3)11-15-5-2/h6-9,12,15-16H,4-5,10-11H2,1-3H3. The normalized spacial score (nSPS) is 12.9. The molecule has 0 radical (unpaired) electrons. The second-order valence-electron chi connectivity index (χ2n) is 4.64. The Balaban J connectivity index is 2.63. The molecule has 0 fully saturated rings. The highest BCUT2D eigenvalue weighted by Gasteiger charge is 2.19. The Labute approximate surface area is 121 Å². The fourth-order valence-electron chi connectivity index (χ4n) is 1.56. The summed E-state index contributed by atoms with van der Waals surface area (Å²) in [4.78, 5) is 0. The van der Waals surface area contributed by atoms with Crippen LogP contribution in [0.2, 0.25) is 0 Å². The van der Waals surface area contributed by atoms with Gasteiger partial charge in [-0.1, -0.05) is 13.8 Å². The third-order valence-electron chi connectivity index (χ3n) is 2.80. The molecule has 0 aromatic heterocycles. The van der Waals surface area contributed by atoms with Crippen LogP contribution in [0.4, 0.5) is 5.69 Å². The smallest absolute Gasteiger partial charge is 0.236 e. The molecule has 6 heteroatoms. The van der Waals surface area contributed by atoms with Crippen molar-refractivity contribution in [3.8, 4) is 5.75 Å². The summed E-state index contributed by atoms with van der Waals surface area (Å²) >= 11 is 0. The molecule has 0 aliphatic rings. The second kappa shape index (κ2) is 8.11. The molecule has 114 valence electrons. The first-order valence-electron chi connectivity index (χ1n) is 6.94. The summed E-state index contributed by atoms with van der Waals surface area (Å²) in [6.07, 6.45) is 0.941. The summed E-state index contributed by atoms with van der Waals surface area (Å²) in [5.74, 6) is 0.746. The van der Waals surface area contributed by atoms with Gasteiger partial charge in [0.1, 0.15) is 5.75 Å². The lowest BCUT2D eigenvalue weighted by Gasteiger charge is -2.15. The average molecular weight is 300 g/mol. The van der Waals surface area contributed by atoms with Crippen LogP contribution in [0.1, 0.15) is 27.2 Å². The lowest BCUT2D eigenvalue weighted by molar-refractivity contribution is 0.317. The van der Waals surface area contributed by atoms with E-state index in [-0.39, 0.29) is 0 Å². The Morgan fingerprint density at radius 2 is 1.85 bits per heavy atom. The molecular weight excluding hydrogens is 276 g/mol. The minimum absolute atomic E-state index is 0.434. The van der Waals surface area contributed by atoms with Gasteiger partial charge >= 0.3 is 0 Å². The van der Waals surface area contributed by atoms with Gasteiger partial charge in [-0.3, -0.25) is 4.72 Å². The van der Waals surface area contributed by atoms with Crippen LogP contribution in [0.3, 0.4) is 0 Å². The van der Waals surface area contributed by atoms with Crippen molar-refractivity contribution in [1.29, 1.82) is 0 Å². The zero-order valence-corrected chi connectivity index (χ0v) is 13.2. The Kier molecular flexibility index (Phi) is 6.81. The topological polar surface area (TPSA) is 67.4 Å². The van der Waals surface area contributed by atoms with Gasteiger partial charge in [-0.2, -0.15) is 0 Å². The summed E-state index contributed by atoms with van der Waals surface area (Å²) in [5, 5.41) is 2.55. The molecule has 0 aliphatic carbocycles. The summed E-state index contributed by atoms with van der Waals surface area (Å²) in [7, 11) is -3.37. The second-order valence-corrected chi connectivity index (χ2v) is 6.74. The molecular formula is C14H24N2O3S. The molecule has 1 unspecified atom stereocenters. The van der Waals surface area contributed by atoms with E-state index >= 15 is 0 Å². The van der Waals surface area contributed by atoms with Crippen molar-refractivity contribution < 1.29 is 13.2 Å². The summed E-state index contributed by atoms with van der Waals surface area (Å²) in [5.41, 5.74) is 0.553. The first kappa shape index (κ1) is 16.8.